The highest BCUT2D eigenvalue weighted by Gasteiger charge is 2.41. The molecule has 2 aliphatic rings. The number of anilines is 2. The first-order valence-electron chi connectivity index (χ1n) is 8.43. The molecule has 1 aromatic carbocycles. The van der Waals surface area contributed by atoms with E-state index >= 15 is 0 Å². The number of fused-ring (bicyclic) bond motifs is 1. The summed E-state index contributed by atoms with van der Waals surface area (Å²) in [5.74, 6) is 1.77. The zero-order valence-electron chi connectivity index (χ0n) is 13.9. The molecule has 4 heterocycles. The lowest BCUT2D eigenvalue weighted by atomic mass is 10.0. The predicted molar refractivity (Wildman–Crippen MR) is 101 cm³/mol. The van der Waals surface area contributed by atoms with Crippen molar-refractivity contribution in [1.29, 1.82) is 0 Å². The van der Waals surface area contributed by atoms with Crippen LogP contribution in [0, 0.1) is 18.9 Å². The molecule has 26 heavy (non-hydrogen) atoms. The van der Waals surface area contributed by atoms with Crippen LogP contribution in [0.4, 0.5) is 10.8 Å². The van der Waals surface area contributed by atoms with E-state index in [2.05, 4.69) is 36.3 Å². The average Bonchev–Trinajstić information content (AvgIpc) is 3.37. The highest BCUT2D eigenvalue weighted by atomic mass is 35.5. The number of tetrazole rings is 1. The fraction of sp³-hybridized carbons (Fsp3) is 0.353. The van der Waals surface area contributed by atoms with Crippen molar-refractivity contribution in [3.8, 4) is 10.7 Å². The van der Waals surface area contributed by atoms with E-state index < -0.39 is 0 Å². The third-order valence-corrected chi connectivity index (χ3v) is 6.47. The van der Waals surface area contributed by atoms with E-state index in [0.29, 0.717) is 17.7 Å². The minimum Gasteiger partial charge on any atom is -0.370 e. The molecule has 2 fully saturated rings. The van der Waals surface area contributed by atoms with Gasteiger partial charge in [-0.05, 0) is 17.3 Å². The smallest absolute Gasteiger partial charge is 0.216 e. The van der Waals surface area contributed by atoms with Gasteiger partial charge in [-0.3, -0.25) is 0 Å². The fourth-order valence-corrected chi connectivity index (χ4v) is 5.01. The van der Waals surface area contributed by atoms with Crippen molar-refractivity contribution in [3.05, 3.63) is 42.5 Å². The molecular weight excluding hydrogens is 370 g/mol. The van der Waals surface area contributed by atoms with Crippen LogP contribution in [0.3, 0.4) is 0 Å². The summed E-state index contributed by atoms with van der Waals surface area (Å²) in [6.07, 6.45) is 1.79. The maximum atomic E-state index is 6.36. The van der Waals surface area contributed by atoms with Crippen molar-refractivity contribution < 1.29 is 0 Å². The number of hydrogen-bond donors (Lipinski definition) is 0. The molecule has 2 saturated heterocycles. The predicted octanol–water partition coefficient (Wildman–Crippen LogP) is 2.54. The van der Waals surface area contributed by atoms with Gasteiger partial charge in [-0.15, -0.1) is 10.2 Å². The van der Waals surface area contributed by atoms with E-state index in [1.165, 1.54) is 0 Å². The number of thiazole rings is 1. The minimum absolute atomic E-state index is 0.514. The lowest BCUT2D eigenvalue weighted by Gasteiger charge is -2.23. The third kappa shape index (κ3) is 2.73. The van der Waals surface area contributed by atoms with Gasteiger partial charge >= 0.3 is 0 Å². The Labute approximate surface area is 160 Å². The number of rotatable bonds is 3. The fourth-order valence-electron chi connectivity index (χ4n) is 3.89. The van der Waals surface area contributed by atoms with Crippen molar-refractivity contribution in [2.24, 2.45) is 11.8 Å². The van der Waals surface area contributed by atoms with E-state index in [-0.39, 0.29) is 0 Å². The Morgan fingerprint density at radius 3 is 2.50 bits per heavy atom. The SMILES string of the molecule is [CH]n1nnc(-c2cnc(N3CC4CN(c5ccccc5Cl)CC4C3)s2)n1. The molecule has 5 rings (SSSR count). The van der Waals surface area contributed by atoms with E-state index in [9.17, 15) is 0 Å². The minimum atomic E-state index is 0.514. The van der Waals surface area contributed by atoms with Gasteiger partial charge < -0.3 is 9.80 Å². The second-order valence-corrected chi connectivity index (χ2v) is 8.14. The van der Waals surface area contributed by atoms with Gasteiger partial charge in [-0.2, -0.15) is 4.80 Å². The highest BCUT2D eigenvalue weighted by Crippen LogP contribution is 2.39. The number of benzene rings is 1. The van der Waals surface area contributed by atoms with Crippen LogP contribution in [0.25, 0.3) is 10.7 Å². The maximum Gasteiger partial charge on any atom is 0.216 e. The molecule has 3 aromatic rings. The summed E-state index contributed by atoms with van der Waals surface area (Å²) in [4.78, 5) is 11.2. The van der Waals surface area contributed by atoms with Crippen LogP contribution in [-0.2, 0) is 0 Å². The molecule has 9 heteroatoms. The Kier molecular flexibility index (Phi) is 3.82. The van der Waals surface area contributed by atoms with E-state index in [0.717, 1.165) is 51.7 Å². The summed E-state index contributed by atoms with van der Waals surface area (Å²) >= 11 is 7.94. The standard InChI is InChI=1S/C17H16ClN7S/c1-23-21-16(20-22-23)15-6-19-17(26-15)25-9-11-7-24(8-12(11)10-25)14-5-3-2-4-13(14)18/h1-6,11-12H,7-10H2. The number of aromatic nitrogens is 5. The van der Waals surface area contributed by atoms with Crippen LogP contribution in [0.1, 0.15) is 0 Å². The molecule has 2 atom stereocenters. The van der Waals surface area contributed by atoms with Crippen molar-refractivity contribution in [1.82, 2.24) is 25.2 Å². The van der Waals surface area contributed by atoms with Crippen molar-refractivity contribution in [2.75, 3.05) is 36.0 Å². The van der Waals surface area contributed by atoms with Crippen LogP contribution in [-0.4, -0.2) is 51.4 Å². The van der Waals surface area contributed by atoms with Gasteiger partial charge in [0.25, 0.3) is 0 Å². The topological polar surface area (TPSA) is 63.0 Å². The van der Waals surface area contributed by atoms with E-state index in [4.69, 9.17) is 18.6 Å². The van der Waals surface area contributed by atoms with Gasteiger partial charge in [-0.1, -0.05) is 35.1 Å². The van der Waals surface area contributed by atoms with Gasteiger partial charge in [0, 0.05) is 38.0 Å². The molecule has 132 valence electrons. The quantitative estimate of drug-likeness (QED) is 0.690. The lowest BCUT2D eigenvalue weighted by Crippen LogP contribution is -2.28. The summed E-state index contributed by atoms with van der Waals surface area (Å²) in [6, 6.07) is 8.08. The van der Waals surface area contributed by atoms with E-state index in [1.807, 2.05) is 18.2 Å². The monoisotopic (exact) mass is 385 g/mol. The first kappa shape index (κ1) is 16.0. The summed E-state index contributed by atoms with van der Waals surface area (Å²) in [6.45, 7) is 4.09. The number of nitrogens with zero attached hydrogens (tertiary/aromatic N) is 7. The molecule has 7 nitrogen and oxygen atoms in total. The highest BCUT2D eigenvalue weighted by molar-refractivity contribution is 7.18. The van der Waals surface area contributed by atoms with Gasteiger partial charge in [0.1, 0.15) is 7.05 Å². The van der Waals surface area contributed by atoms with E-state index in [1.54, 1.807) is 17.5 Å². The molecule has 2 unspecified atom stereocenters. The number of hydrogen-bond acceptors (Lipinski definition) is 7. The van der Waals surface area contributed by atoms with Crippen molar-refractivity contribution in [2.45, 2.75) is 0 Å². The Bertz CT molecular complexity index is 925. The lowest BCUT2D eigenvalue weighted by molar-refractivity contribution is 0.533. The summed E-state index contributed by atoms with van der Waals surface area (Å²) < 4.78 is 0. The number of para-hydroxylation sites is 1. The molecule has 0 aliphatic carbocycles. The summed E-state index contributed by atoms with van der Waals surface area (Å²) in [7, 11) is 5.47. The van der Waals surface area contributed by atoms with Crippen LogP contribution in [0.2, 0.25) is 5.02 Å². The molecular formula is C17H16ClN7S. The van der Waals surface area contributed by atoms with Crippen LogP contribution in [0.15, 0.2) is 30.5 Å². The Balaban J connectivity index is 1.29. The Hall–Kier alpha value is -2.19. The largest absolute Gasteiger partial charge is 0.370 e. The van der Waals surface area contributed by atoms with Crippen LogP contribution < -0.4 is 9.80 Å². The summed E-state index contributed by atoms with van der Waals surface area (Å²) in [5.41, 5.74) is 1.14. The molecule has 0 amide bonds. The molecule has 0 N–H and O–H groups in total. The third-order valence-electron chi connectivity index (χ3n) is 5.09. The average molecular weight is 386 g/mol. The zero-order chi connectivity index (χ0) is 17.7. The van der Waals surface area contributed by atoms with Gasteiger partial charge in [0.15, 0.2) is 5.13 Å². The van der Waals surface area contributed by atoms with Crippen LogP contribution in [0.5, 0.6) is 0 Å². The van der Waals surface area contributed by atoms with Gasteiger partial charge in [0.05, 0.1) is 21.8 Å². The van der Waals surface area contributed by atoms with Crippen LogP contribution >= 0.6 is 22.9 Å². The first-order chi connectivity index (χ1) is 12.7. The van der Waals surface area contributed by atoms with Gasteiger partial charge in [-0.25, -0.2) is 4.98 Å². The molecule has 0 spiro atoms. The van der Waals surface area contributed by atoms with Crippen molar-refractivity contribution in [3.63, 3.8) is 0 Å². The Morgan fingerprint density at radius 1 is 1.08 bits per heavy atom. The second kappa shape index (κ2) is 6.21. The molecule has 2 radical (unpaired) electrons. The molecule has 2 aliphatic heterocycles. The van der Waals surface area contributed by atoms with Gasteiger partial charge in [0.2, 0.25) is 5.82 Å². The maximum absolute atomic E-state index is 6.36. The second-order valence-electron chi connectivity index (χ2n) is 6.72. The first-order valence-corrected chi connectivity index (χ1v) is 9.62. The normalized spacial score (nSPS) is 22.2. The van der Waals surface area contributed by atoms with Crippen molar-refractivity contribution >= 4 is 33.8 Å². The molecule has 2 aromatic heterocycles. The summed E-state index contributed by atoms with van der Waals surface area (Å²) in [5, 5.41) is 13.5. The Morgan fingerprint density at radius 2 is 1.81 bits per heavy atom. The zero-order valence-corrected chi connectivity index (χ0v) is 15.4. The molecule has 0 bridgehead atoms. The number of halogens is 1. The molecule has 0 saturated carbocycles.